The third-order valence-electron chi connectivity index (χ3n) is 5.57. The van der Waals surface area contributed by atoms with Crippen LogP contribution in [0.2, 0.25) is 0 Å². The SMILES string of the molecule is COc1ccc(CCC(C)N2C[C@H]3CC[C@@H](C2)C3N)cc1. The van der Waals surface area contributed by atoms with Crippen LogP contribution in [0.3, 0.4) is 0 Å². The van der Waals surface area contributed by atoms with E-state index in [2.05, 4.69) is 36.1 Å². The van der Waals surface area contributed by atoms with Gasteiger partial charge in [-0.2, -0.15) is 0 Å². The Hall–Kier alpha value is -1.06. The molecule has 2 fully saturated rings. The number of ether oxygens (including phenoxy) is 1. The molecular formula is C18H28N2O. The van der Waals surface area contributed by atoms with Gasteiger partial charge in [-0.1, -0.05) is 12.1 Å². The maximum Gasteiger partial charge on any atom is 0.118 e. The second kappa shape index (κ2) is 6.37. The van der Waals surface area contributed by atoms with Crippen molar-refractivity contribution in [3.63, 3.8) is 0 Å². The fourth-order valence-electron chi connectivity index (χ4n) is 4.01. The lowest BCUT2D eigenvalue weighted by Gasteiger charge is -2.39. The number of likely N-dealkylation sites (tertiary alicyclic amines) is 1. The van der Waals surface area contributed by atoms with Crippen molar-refractivity contribution in [3.05, 3.63) is 29.8 Å². The van der Waals surface area contributed by atoms with Gasteiger partial charge in [0.1, 0.15) is 5.75 Å². The van der Waals surface area contributed by atoms with Crippen molar-refractivity contribution in [1.29, 1.82) is 0 Å². The van der Waals surface area contributed by atoms with Gasteiger partial charge in [0.2, 0.25) is 0 Å². The highest BCUT2D eigenvalue weighted by Gasteiger charge is 2.40. The van der Waals surface area contributed by atoms with E-state index in [9.17, 15) is 0 Å². The Morgan fingerprint density at radius 1 is 1.19 bits per heavy atom. The van der Waals surface area contributed by atoms with Crippen LogP contribution in [0.5, 0.6) is 5.75 Å². The molecule has 1 aliphatic heterocycles. The molecule has 3 rings (SSSR count). The van der Waals surface area contributed by atoms with Crippen LogP contribution in [-0.2, 0) is 6.42 Å². The van der Waals surface area contributed by atoms with Crippen LogP contribution in [0, 0.1) is 11.8 Å². The first kappa shape index (κ1) is 14.9. The summed E-state index contributed by atoms with van der Waals surface area (Å²) in [6.07, 6.45) is 5.05. The van der Waals surface area contributed by atoms with Crippen molar-refractivity contribution in [3.8, 4) is 5.75 Å². The lowest BCUT2D eigenvalue weighted by Crippen LogP contribution is -2.51. The average molecular weight is 288 g/mol. The zero-order valence-electron chi connectivity index (χ0n) is 13.3. The van der Waals surface area contributed by atoms with Crippen LogP contribution < -0.4 is 10.5 Å². The molecule has 3 nitrogen and oxygen atoms in total. The van der Waals surface area contributed by atoms with E-state index in [4.69, 9.17) is 10.5 Å². The standard InChI is InChI=1S/C18H28N2O/c1-13(3-4-14-5-9-17(21-2)10-6-14)20-11-15-7-8-16(12-20)18(15)19/h5-6,9-10,13,15-16,18H,3-4,7-8,11-12,19H2,1-2H3/t13?,15-,16+,18?. The van der Waals surface area contributed by atoms with E-state index in [0.717, 1.165) is 24.0 Å². The summed E-state index contributed by atoms with van der Waals surface area (Å²) < 4.78 is 5.21. The number of aryl methyl sites for hydroxylation is 1. The highest BCUT2D eigenvalue weighted by molar-refractivity contribution is 5.27. The summed E-state index contributed by atoms with van der Waals surface area (Å²) in [7, 11) is 1.71. The number of benzene rings is 1. The predicted octanol–water partition coefficient (Wildman–Crippen LogP) is 2.69. The molecule has 0 aromatic heterocycles. The Morgan fingerprint density at radius 3 is 2.38 bits per heavy atom. The van der Waals surface area contributed by atoms with Crippen molar-refractivity contribution >= 4 is 0 Å². The van der Waals surface area contributed by atoms with Gasteiger partial charge in [-0.3, -0.25) is 4.90 Å². The highest BCUT2D eigenvalue weighted by atomic mass is 16.5. The van der Waals surface area contributed by atoms with Gasteiger partial charge in [0.05, 0.1) is 7.11 Å². The number of nitrogens with zero attached hydrogens (tertiary/aromatic N) is 1. The summed E-state index contributed by atoms with van der Waals surface area (Å²) in [5.41, 5.74) is 7.70. The van der Waals surface area contributed by atoms with Crippen LogP contribution in [0.4, 0.5) is 0 Å². The number of hydrogen-bond acceptors (Lipinski definition) is 3. The number of fused-ring (bicyclic) bond motifs is 2. The maximum absolute atomic E-state index is 6.30. The molecule has 0 radical (unpaired) electrons. The number of hydrogen-bond donors (Lipinski definition) is 1. The molecular weight excluding hydrogens is 260 g/mol. The minimum atomic E-state index is 0.468. The molecule has 2 bridgehead atoms. The molecule has 1 saturated heterocycles. The fourth-order valence-corrected chi connectivity index (χ4v) is 4.01. The van der Waals surface area contributed by atoms with Crippen molar-refractivity contribution in [1.82, 2.24) is 4.90 Å². The summed E-state index contributed by atoms with van der Waals surface area (Å²) in [5, 5.41) is 0. The Balaban J connectivity index is 1.51. The van der Waals surface area contributed by atoms with Gasteiger partial charge in [0.15, 0.2) is 0 Å². The molecule has 1 aromatic rings. The van der Waals surface area contributed by atoms with Crippen molar-refractivity contribution in [2.75, 3.05) is 20.2 Å². The molecule has 4 atom stereocenters. The molecule has 1 saturated carbocycles. The molecule has 2 unspecified atom stereocenters. The van der Waals surface area contributed by atoms with E-state index in [1.165, 1.54) is 37.9 Å². The van der Waals surface area contributed by atoms with E-state index >= 15 is 0 Å². The van der Waals surface area contributed by atoms with Gasteiger partial charge >= 0.3 is 0 Å². The summed E-state index contributed by atoms with van der Waals surface area (Å²) in [4.78, 5) is 2.68. The van der Waals surface area contributed by atoms with Gasteiger partial charge in [-0.15, -0.1) is 0 Å². The van der Waals surface area contributed by atoms with Gasteiger partial charge < -0.3 is 10.5 Å². The van der Waals surface area contributed by atoms with Crippen LogP contribution in [-0.4, -0.2) is 37.2 Å². The first-order chi connectivity index (χ1) is 10.2. The number of nitrogens with two attached hydrogens (primary N) is 1. The van der Waals surface area contributed by atoms with Crippen molar-refractivity contribution < 1.29 is 4.74 Å². The van der Waals surface area contributed by atoms with Crippen molar-refractivity contribution in [2.45, 2.75) is 44.7 Å². The molecule has 1 heterocycles. The molecule has 1 aromatic carbocycles. The third kappa shape index (κ3) is 3.24. The molecule has 0 amide bonds. The zero-order valence-corrected chi connectivity index (χ0v) is 13.3. The first-order valence-corrected chi connectivity index (χ1v) is 8.30. The highest BCUT2D eigenvalue weighted by Crippen LogP contribution is 2.36. The van der Waals surface area contributed by atoms with Crippen LogP contribution in [0.25, 0.3) is 0 Å². The van der Waals surface area contributed by atoms with E-state index < -0.39 is 0 Å². The topological polar surface area (TPSA) is 38.5 Å². The average Bonchev–Trinajstić information content (AvgIpc) is 2.74. The van der Waals surface area contributed by atoms with E-state index in [1.807, 2.05) is 0 Å². The lowest BCUT2D eigenvalue weighted by molar-refractivity contribution is 0.105. The number of rotatable bonds is 5. The van der Waals surface area contributed by atoms with E-state index in [0.29, 0.717) is 12.1 Å². The summed E-state index contributed by atoms with van der Waals surface area (Å²) in [6.45, 7) is 4.79. The Kier molecular flexibility index (Phi) is 4.51. The Bertz CT molecular complexity index is 445. The van der Waals surface area contributed by atoms with Crippen LogP contribution in [0.15, 0.2) is 24.3 Å². The van der Waals surface area contributed by atoms with Gasteiger partial charge in [-0.05, 0) is 62.1 Å². The Labute approximate surface area is 128 Å². The Morgan fingerprint density at radius 2 is 1.81 bits per heavy atom. The molecule has 3 heteroatoms. The largest absolute Gasteiger partial charge is 0.497 e. The molecule has 116 valence electrons. The second-order valence-corrected chi connectivity index (χ2v) is 6.86. The van der Waals surface area contributed by atoms with E-state index in [1.54, 1.807) is 7.11 Å². The monoisotopic (exact) mass is 288 g/mol. The molecule has 21 heavy (non-hydrogen) atoms. The summed E-state index contributed by atoms with van der Waals surface area (Å²) >= 11 is 0. The van der Waals surface area contributed by atoms with Gasteiger partial charge in [-0.25, -0.2) is 0 Å². The van der Waals surface area contributed by atoms with Gasteiger partial charge in [0.25, 0.3) is 0 Å². The minimum Gasteiger partial charge on any atom is -0.497 e. The van der Waals surface area contributed by atoms with Crippen LogP contribution in [0.1, 0.15) is 31.7 Å². The number of piperidine rings is 1. The minimum absolute atomic E-state index is 0.468. The third-order valence-corrected chi connectivity index (χ3v) is 5.57. The normalized spacial score (nSPS) is 30.3. The van der Waals surface area contributed by atoms with Gasteiger partial charge in [0, 0.05) is 25.2 Å². The smallest absolute Gasteiger partial charge is 0.118 e. The fraction of sp³-hybridized carbons (Fsp3) is 0.667. The maximum atomic E-state index is 6.30. The molecule has 2 N–H and O–H groups in total. The zero-order chi connectivity index (χ0) is 14.8. The first-order valence-electron chi connectivity index (χ1n) is 8.30. The van der Waals surface area contributed by atoms with Crippen LogP contribution >= 0.6 is 0 Å². The predicted molar refractivity (Wildman–Crippen MR) is 86.5 cm³/mol. The molecule has 0 spiro atoms. The molecule has 1 aliphatic carbocycles. The summed E-state index contributed by atoms with van der Waals surface area (Å²) in [6, 6.07) is 9.60. The number of methoxy groups -OCH3 is 1. The second-order valence-electron chi connectivity index (χ2n) is 6.86. The quantitative estimate of drug-likeness (QED) is 0.905. The van der Waals surface area contributed by atoms with E-state index in [-0.39, 0.29) is 0 Å². The summed E-state index contributed by atoms with van der Waals surface area (Å²) in [5.74, 6) is 2.42. The van der Waals surface area contributed by atoms with Crippen molar-refractivity contribution in [2.24, 2.45) is 17.6 Å². The molecule has 2 aliphatic rings. The lowest BCUT2D eigenvalue weighted by atomic mass is 9.91.